The largest absolute Gasteiger partial charge is 0.490 e. The molecular formula is C23H26F2N2O5S. The van der Waals surface area contributed by atoms with Gasteiger partial charge in [-0.05, 0) is 38.0 Å². The van der Waals surface area contributed by atoms with Crippen molar-refractivity contribution in [2.45, 2.75) is 37.1 Å². The molecule has 0 radical (unpaired) electrons. The predicted molar refractivity (Wildman–Crippen MR) is 116 cm³/mol. The molecule has 2 heterocycles. The fourth-order valence-corrected chi connectivity index (χ4v) is 5.56. The van der Waals surface area contributed by atoms with Crippen LogP contribution in [0, 0.1) is 17.6 Å². The number of hydrogen-bond donors (Lipinski definition) is 1. The fraction of sp³-hybridized carbons (Fsp3) is 0.435. The molecule has 4 rings (SSSR count). The molecule has 1 saturated heterocycles. The van der Waals surface area contributed by atoms with Gasteiger partial charge >= 0.3 is 0 Å². The Morgan fingerprint density at radius 1 is 1.06 bits per heavy atom. The van der Waals surface area contributed by atoms with Crippen LogP contribution in [-0.2, 0) is 14.8 Å². The van der Waals surface area contributed by atoms with Crippen LogP contribution in [-0.4, -0.2) is 44.9 Å². The Morgan fingerprint density at radius 2 is 1.76 bits per heavy atom. The minimum Gasteiger partial charge on any atom is -0.490 e. The number of ether oxygens (including phenoxy) is 2. The van der Waals surface area contributed by atoms with E-state index in [4.69, 9.17) is 9.47 Å². The van der Waals surface area contributed by atoms with Crippen molar-refractivity contribution in [1.82, 2.24) is 9.62 Å². The van der Waals surface area contributed by atoms with Crippen LogP contribution in [0.15, 0.2) is 41.3 Å². The summed E-state index contributed by atoms with van der Waals surface area (Å²) in [7, 11) is -3.75. The summed E-state index contributed by atoms with van der Waals surface area (Å²) >= 11 is 0. The fourth-order valence-electron chi connectivity index (χ4n) is 4.07. The first kappa shape index (κ1) is 23.4. The lowest BCUT2D eigenvalue weighted by atomic mass is 9.96. The van der Waals surface area contributed by atoms with Gasteiger partial charge < -0.3 is 14.8 Å². The number of rotatable bonds is 5. The molecule has 0 bridgehead atoms. The number of sulfonamides is 1. The Kier molecular flexibility index (Phi) is 6.85. The number of piperidine rings is 1. The van der Waals surface area contributed by atoms with E-state index in [0.29, 0.717) is 37.6 Å². The summed E-state index contributed by atoms with van der Waals surface area (Å²) in [6.07, 6.45) is 1.40. The van der Waals surface area contributed by atoms with E-state index in [9.17, 15) is 22.0 Å². The highest BCUT2D eigenvalue weighted by Crippen LogP contribution is 2.34. The lowest BCUT2D eigenvalue weighted by Gasteiger charge is -2.31. The third kappa shape index (κ3) is 5.11. The lowest BCUT2D eigenvalue weighted by Crippen LogP contribution is -2.43. The number of nitrogens with one attached hydrogen (secondary N) is 1. The van der Waals surface area contributed by atoms with Gasteiger partial charge in [0.05, 0.1) is 24.2 Å². The number of halogens is 2. The Hall–Kier alpha value is -2.72. The SMILES string of the molecule is C[C@@H](NC(=O)C1CCN(S(=O)(=O)c2ccc3c(c2)OCCCO3)CC1)c1ccc(F)cc1F. The Labute approximate surface area is 191 Å². The molecule has 7 nitrogen and oxygen atoms in total. The predicted octanol–water partition coefficient (Wildman–Crippen LogP) is 3.40. The highest BCUT2D eigenvalue weighted by molar-refractivity contribution is 7.89. The van der Waals surface area contributed by atoms with Crippen LogP contribution >= 0.6 is 0 Å². The first-order valence-corrected chi connectivity index (χ1v) is 12.3. The molecule has 0 spiro atoms. The van der Waals surface area contributed by atoms with Gasteiger partial charge in [-0.2, -0.15) is 4.31 Å². The zero-order chi connectivity index (χ0) is 23.6. The average molecular weight is 481 g/mol. The Morgan fingerprint density at radius 3 is 2.45 bits per heavy atom. The Bertz CT molecular complexity index is 1130. The monoisotopic (exact) mass is 480 g/mol. The van der Waals surface area contributed by atoms with Crippen molar-refractivity contribution in [2.75, 3.05) is 26.3 Å². The second-order valence-electron chi connectivity index (χ2n) is 8.23. The molecule has 1 N–H and O–H groups in total. The summed E-state index contributed by atoms with van der Waals surface area (Å²) in [5.74, 6) is -1.15. The number of carbonyl (C=O) groups excluding carboxylic acids is 1. The molecule has 33 heavy (non-hydrogen) atoms. The maximum atomic E-state index is 14.0. The molecule has 2 aliphatic rings. The first-order valence-electron chi connectivity index (χ1n) is 10.9. The van der Waals surface area contributed by atoms with Gasteiger partial charge in [-0.15, -0.1) is 0 Å². The van der Waals surface area contributed by atoms with Gasteiger partial charge in [0.25, 0.3) is 0 Å². The van der Waals surface area contributed by atoms with Gasteiger partial charge in [-0.3, -0.25) is 4.79 Å². The number of amides is 1. The second kappa shape index (κ2) is 9.64. The van der Waals surface area contributed by atoms with Crippen LogP contribution < -0.4 is 14.8 Å². The quantitative estimate of drug-likeness (QED) is 0.709. The minimum absolute atomic E-state index is 0.120. The molecule has 178 valence electrons. The third-order valence-corrected chi connectivity index (χ3v) is 7.86. The standard InChI is InChI=1S/C23H26F2N2O5S/c1-15(19-5-3-17(24)13-20(19)25)26-23(28)16-7-9-27(10-8-16)33(29,30)18-4-6-21-22(14-18)32-12-2-11-31-21/h3-6,13-16H,2,7-12H2,1H3,(H,26,28)/t15-/m1/s1. The van der Waals surface area contributed by atoms with E-state index >= 15 is 0 Å². The molecule has 0 saturated carbocycles. The molecule has 2 aliphatic heterocycles. The number of carbonyl (C=O) groups is 1. The van der Waals surface area contributed by atoms with E-state index in [1.54, 1.807) is 13.0 Å². The second-order valence-corrected chi connectivity index (χ2v) is 10.2. The molecule has 1 fully saturated rings. The van der Waals surface area contributed by atoms with Crippen molar-refractivity contribution < 1.29 is 31.5 Å². The Balaban J connectivity index is 1.38. The van der Waals surface area contributed by atoms with E-state index < -0.39 is 33.6 Å². The van der Waals surface area contributed by atoms with Gasteiger partial charge in [-0.1, -0.05) is 6.07 Å². The molecule has 1 atom stereocenters. The van der Waals surface area contributed by atoms with Crippen molar-refractivity contribution in [1.29, 1.82) is 0 Å². The van der Waals surface area contributed by atoms with Gasteiger partial charge in [0.1, 0.15) is 11.6 Å². The van der Waals surface area contributed by atoms with Crippen LogP contribution in [0.2, 0.25) is 0 Å². The van der Waals surface area contributed by atoms with Crippen molar-refractivity contribution in [3.05, 3.63) is 53.6 Å². The summed E-state index contributed by atoms with van der Waals surface area (Å²) < 4.78 is 65.9. The molecular weight excluding hydrogens is 454 g/mol. The zero-order valence-electron chi connectivity index (χ0n) is 18.2. The van der Waals surface area contributed by atoms with Gasteiger partial charge in [0.15, 0.2) is 11.5 Å². The van der Waals surface area contributed by atoms with Crippen molar-refractivity contribution in [3.63, 3.8) is 0 Å². The molecule has 10 heteroatoms. The minimum atomic E-state index is -3.75. The number of nitrogens with zero attached hydrogens (tertiary/aromatic N) is 1. The van der Waals surface area contributed by atoms with Gasteiger partial charge in [-0.25, -0.2) is 17.2 Å². The molecule has 0 unspecified atom stereocenters. The molecule has 0 aromatic heterocycles. The molecule has 2 aromatic rings. The van der Waals surface area contributed by atoms with Crippen LogP contribution in [0.4, 0.5) is 8.78 Å². The van der Waals surface area contributed by atoms with Crippen LogP contribution in [0.5, 0.6) is 11.5 Å². The maximum absolute atomic E-state index is 14.0. The zero-order valence-corrected chi connectivity index (χ0v) is 19.0. The number of benzene rings is 2. The normalized spacial score (nSPS) is 18.4. The number of fused-ring (bicyclic) bond motifs is 1. The van der Waals surface area contributed by atoms with Crippen molar-refractivity contribution in [3.8, 4) is 11.5 Å². The summed E-state index contributed by atoms with van der Waals surface area (Å²) in [5.41, 5.74) is 0.194. The van der Waals surface area contributed by atoms with Crippen molar-refractivity contribution >= 4 is 15.9 Å². The summed E-state index contributed by atoms with van der Waals surface area (Å²) in [6, 6.07) is 7.17. The maximum Gasteiger partial charge on any atom is 0.243 e. The molecule has 2 aromatic carbocycles. The molecule has 1 amide bonds. The van der Waals surface area contributed by atoms with E-state index in [2.05, 4.69) is 5.32 Å². The average Bonchev–Trinajstić information content (AvgIpc) is 3.04. The summed E-state index contributed by atoms with van der Waals surface area (Å²) in [4.78, 5) is 12.8. The van der Waals surface area contributed by atoms with Crippen molar-refractivity contribution in [2.24, 2.45) is 5.92 Å². The third-order valence-electron chi connectivity index (χ3n) is 5.97. The van der Waals surface area contributed by atoms with E-state index in [1.165, 1.54) is 22.5 Å². The van der Waals surface area contributed by atoms with Crippen LogP contribution in [0.1, 0.15) is 37.8 Å². The lowest BCUT2D eigenvalue weighted by molar-refractivity contribution is -0.126. The highest BCUT2D eigenvalue weighted by atomic mass is 32.2. The summed E-state index contributed by atoms with van der Waals surface area (Å²) in [5, 5.41) is 2.75. The smallest absolute Gasteiger partial charge is 0.243 e. The first-order chi connectivity index (χ1) is 15.8. The van der Waals surface area contributed by atoms with Gasteiger partial charge in [0, 0.05) is 43.1 Å². The van der Waals surface area contributed by atoms with E-state index in [-0.39, 0.29) is 29.5 Å². The van der Waals surface area contributed by atoms with Gasteiger partial charge in [0.2, 0.25) is 15.9 Å². The van der Waals surface area contributed by atoms with Crippen LogP contribution in [0.3, 0.4) is 0 Å². The topological polar surface area (TPSA) is 84.9 Å². The van der Waals surface area contributed by atoms with E-state index in [1.807, 2.05) is 0 Å². The van der Waals surface area contributed by atoms with E-state index in [0.717, 1.165) is 18.6 Å². The van der Waals surface area contributed by atoms with Crippen LogP contribution in [0.25, 0.3) is 0 Å². The summed E-state index contributed by atoms with van der Waals surface area (Å²) in [6.45, 7) is 2.97. The highest BCUT2D eigenvalue weighted by Gasteiger charge is 2.33. The molecule has 0 aliphatic carbocycles. The number of hydrogen-bond acceptors (Lipinski definition) is 5.